The molecule has 0 aliphatic heterocycles. The summed E-state index contributed by atoms with van der Waals surface area (Å²) >= 11 is 0. The molecule has 0 radical (unpaired) electrons. The van der Waals surface area contributed by atoms with Gasteiger partial charge in [0.05, 0.1) is 12.7 Å². The molecule has 0 aromatic heterocycles. The lowest BCUT2D eigenvalue weighted by Gasteiger charge is -2.25. The molecule has 0 aromatic rings. The summed E-state index contributed by atoms with van der Waals surface area (Å²) in [7, 11) is 1.57. The van der Waals surface area contributed by atoms with Crippen molar-refractivity contribution in [2.45, 2.75) is 31.3 Å². The van der Waals surface area contributed by atoms with Gasteiger partial charge in [-0.25, -0.2) is 0 Å². The number of hydrogen-bond acceptors (Lipinski definition) is 7. The second-order valence-corrected chi connectivity index (χ2v) is 3.17. The summed E-state index contributed by atoms with van der Waals surface area (Å²) in [5, 5.41) is 55.0. The number of aliphatic hydroxyl groups is 6. The normalized spacial score (nSPS) is 18.0. The fraction of sp³-hybridized carbons (Fsp3) is 1.00. The molecule has 4 atom stereocenters. The van der Waals surface area contributed by atoms with E-state index in [9.17, 15) is 5.11 Å². The van der Waals surface area contributed by atoms with E-state index in [-0.39, 0.29) is 13.2 Å². The van der Waals surface area contributed by atoms with Crippen LogP contribution in [0.15, 0.2) is 0 Å². The molecule has 0 heterocycles. The minimum atomic E-state index is -1.55. The maximum absolute atomic E-state index is 9.21. The number of likely N-dealkylation sites (N-methyl/N-ethyl adjacent to an activating group) is 1. The minimum Gasteiger partial charge on any atom is -0.397 e. The summed E-state index contributed by atoms with van der Waals surface area (Å²) in [4.78, 5) is 0. The lowest BCUT2D eigenvalue weighted by molar-refractivity contribution is -0.113. The van der Waals surface area contributed by atoms with E-state index in [1.165, 1.54) is 0 Å². The van der Waals surface area contributed by atoms with Crippen LogP contribution in [-0.4, -0.2) is 81.9 Å². The molecule has 0 saturated heterocycles. The fourth-order valence-corrected chi connectivity index (χ4v) is 0.893. The molecule has 0 aliphatic carbocycles. The molecular weight excluding hydrogens is 218 g/mol. The van der Waals surface area contributed by atoms with E-state index in [4.69, 9.17) is 25.5 Å². The standard InChI is InChI=1S/C7H17NO5.C2H6O/c1-8-2-4(10)6(12)7(13)5(11)3-9;1-2-3/h4-13H,2-3H2,1H3;3H,2H2,1H3/t4-,5+,6+,7+;/m0./s1. The zero-order valence-electron chi connectivity index (χ0n) is 9.61. The van der Waals surface area contributed by atoms with Crippen molar-refractivity contribution in [2.24, 2.45) is 0 Å². The Kier molecular flexibility index (Phi) is 12.7. The Balaban J connectivity index is 0. The van der Waals surface area contributed by atoms with Crippen LogP contribution in [0.25, 0.3) is 0 Å². The van der Waals surface area contributed by atoms with Gasteiger partial charge in [-0.1, -0.05) is 0 Å². The second-order valence-electron chi connectivity index (χ2n) is 3.17. The fourth-order valence-electron chi connectivity index (χ4n) is 0.893. The minimum absolute atomic E-state index is 0.0936. The predicted molar refractivity (Wildman–Crippen MR) is 57.8 cm³/mol. The van der Waals surface area contributed by atoms with Crippen molar-refractivity contribution < 1.29 is 30.6 Å². The van der Waals surface area contributed by atoms with E-state index in [2.05, 4.69) is 5.32 Å². The van der Waals surface area contributed by atoms with Gasteiger partial charge in [0, 0.05) is 13.2 Å². The van der Waals surface area contributed by atoms with Crippen molar-refractivity contribution in [1.29, 1.82) is 0 Å². The molecule has 0 saturated carbocycles. The first-order valence-electron chi connectivity index (χ1n) is 5.04. The van der Waals surface area contributed by atoms with Gasteiger partial charge < -0.3 is 36.0 Å². The summed E-state index contributed by atoms with van der Waals surface area (Å²) in [6.45, 7) is 1.36. The van der Waals surface area contributed by atoms with Crippen LogP contribution < -0.4 is 5.32 Å². The first kappa shape index (κ1) is 18.1. The van der Waals surface area contributed by atoms with Gasteiger partial charge in [-0.3, -0.25) is 0 Å². The lowest BCUT2D eigenvalue weighted by atomic mass is 10.0. The van der Waals surface area contributed by atoms with Crippen molar-refractivity contribution in [3.63, 3.8) is 0 Å². The highest BCUT2D eigenvalue weighted by atomic mass is 16.4. The quantitative estimate of drug-likeness (QED) is 0.258. The third-order valence-corrected chi connectivity index (χ3v) is 1.74. The Morgan fingerprint density at radius 3 is 1.62 bits per heavy atom. The molecule has 0 aromatic carbocycles. The smallest absolute Gasteiger partial charge is 0.111 e. The average molecular weight is 241 g/mol. The van der Waals surface area contributed by atoms with Crippen LogP contribution in [-0.2, 0) is 0 Å². The summed E-state index contributed by atoms with van der Waals surface area (Å²) in [6.07, 6.45) is -5.65. The number of nitrogens with one attached hydrogen (secondary N) is 1. The predicted octanol–water partition coefficient (Wildman–Crippen LogP) is -3.36. The molecule has 0 rings (SSSR count). The van der Waals surface area contributed by atoms with Crippen LogP contribution in [0.3, 0.4) is 0 Å². The second kappa shape index (κ2) is 11.2. The molecule has 0 bridgehead atoms. The topological polar surface area (TPSA) is 133 Å². The zero-order chi connectivity index (χ0) is 13.1. The van der Waals surface area contributed by atoms with Crippen molar-refractivity contribution in [2.75, 3.05) is 26.8 Å². The van der Waals surface area contributed by atoms with Gasteiger partial charge in [-0.2, -0.15) is 0 Å². The Morgan fingerprint density at radius 2 is 1.31 bits per heavy atom. The van der Waals surface area contributed by atoms with E-state index in [0.29, 0.717) is 0 Å². The lowest BCUT2D eigenvalue weighted by Crippen LogP contribution is -2.48. The van der Waals surface area contributed by atoms with Gasteiger partial charge in [0.1, 0.15) is 18.3 Å². The Bertz CT molecular complexity index is 148. The highest BCUT2D eigenvalue weighted by molar-refractivity contribution is 4.81. The number of hydrogen-bond donors (Lipinski definition) is 7. The Hall–Kier alpha value is -0.280. The van der Waals surface area contributed by atoms with Crippen molar-refractivity contribution >= 4 is 0 Å². The molecule has 7 N–H and O–H groups in total. The van der Waals surface area contributed by atoms with Crippen LogP contribution in [0, 0.1) is 0 Å². The monoisotopic (exact) mass is 241 g/mol. The Morgan fingerprint density at radius 1 is 0.938 bits per heavy atom. The highest BCUT2D eigenvalue weighted by Crippen LogP contribution is 2.04. The maximum atomic E-state index is 9.21. The first-order valence-corrected chi connectivity index (χ1v) is 5.04. The van der Waals surface area contributed by atoms with Crippen LogP contribution in [0.4, 0.5) is 0 Å². The largest absolute Gasteiger partial charge is 0.397 e. The van der Waals surface area contributed by atoms with Gasteiger partial charge >= 0.3 is 0 Å². The molecule has 7 heteroatoms. The van der Waals surface area contributed by atoms with Crippen molar-refractivity contribution in [1.82, 2.24) is 5.32 Å². The molecule has 0 fully saturated rings. The maximum Gasteiger partial charge on any atom is 0.111 e. The summed E-state index contributed by atoms with van der Waals surface area (Å²) < 4.78 is 0. The zero-order valence-corrected chi connectivity index (χ0v) is 9.61. The van der Waals surface area contributed by atoms with E-state index < -0.39 is 31.0 Å². The molecular formula is C9H23NO6. The molecule has 16 heavy (non-hydrogen) atoms. The molecule has 7 nitrogen and oxygen atoms in total. The van der Waals surface area contributed by atoms with Gasteiger partial charge in [0.15, 0.2) is 0 Å². The summed E-state index contributed by atoms with van der Waals surface area (Å²) in [5.74, 6) is 0. The van der Waals surface area contributed by atoms with Crippen LogP contribution in [0.5, 0.6) is 0 Å². The summed E-state index contributed by atoms with van der Waals surface area (Å²) in [6, 6.07) is 0. The average Bonchev–Trinajstić information content (AvgIpc) is 2.27. The van der Waals surface area contributed by atoms with Crippen molar-refractivity contribution in [3.8, 4) is 0 Å². The van der Waals surface area contributed by atoms with Gasteiger partial charge in [0.2, 0.25) is 0 Å². The molecule has 0 aliphatic rings. The third kappa shape index (κ3) is 7.94. The van der Waals surface area contributed by atoms with Crippen LogP contribution in [0.1, 0.15) is 6.92 Å². The van der Waals surface area contributed by atoms with E-state index in [1.54, 1.807) is 14.0 Å². The van der Waals surface area contributed by atoms with Gasteiger partial charge in [0.25, 0.3) is 0 Å². The highest BCUT2D eigenvalue weighted by Gasteiger charge is 2.29. The van der Waals surface area contributed by atoms with Gasteiger partial charge in [-0.15, -0.1) is 0 Å². The SMILES string of the molecule is CCO.CNC[C@H](O)[C@@H](O)[C@H](O)[C@H](O)CO. The van der Waals surface area contributed by atoms with Crippen LogP contribution >= 0.6 is 0 Å². The number of rotatable bonds is 6. The summed E-state index contributed by atoms with van der Waals surface area (Å²) in [5.41, 5.74) is 0. The molecule has 100 valence electrons. The molecule has 0 amide bonds. The third-order valence-electron chi connectivity index (χ3n) is 1.74. The van der Waals surface area contributed by atoms with Crippen molar-refractivity contribution in [3.05, 3.63) is 0 Å². The molecule has 0 spiro atoms. The van der Waals surface area contributed by atoms with Crippen LogP contribution in [0.2, 0.25) is 0 Å². The van der Waals surface area contributed by atoms with E-state index in [0.717, 1.165) is 0 Å². The van der Waals surface area contributed by atoms with Gasteiger partial charge in [-0.05, 0) is 14.0 Å². The van der Waals surface area contributed by atoms with E-state index in [1.807, 2.05) is 0 Å². The van der Waals surface area contributed by atoms with E-state index >= 15 is 0 Å². The molecule has 0 unspecified atom stereocenters. The first-order chi connectivity index (χ1) is 7.45. The number of aliphatic hydroxyl groups excluding tert-OH is 6. The Labute approximate surface area is 95.0 Å².